The van der Waals surface area contributed by atoms with E-state index in [0.29, 0.717) is 0 Å². The van der Waals surface area contributed by atoms with Gasteiger partial charge in [-0.05, 0) is 42.5 Å². The lowest BCUT2D eigenvalue weighted by Gasteiger charge is -2.47. The van der Waals surface area contributed by atoms with Crippen LogP contribution < -0.4 is 41.5 Å². The van der Waals surface area contributed by atoms with Gasteiger partial charge in [-0.25, -0.2) is 0 Å². The molecule has 0 nitrogen and oxygen atoms in total. The number of hydrogen-bond acceptors (Lipinski definition) is 0. The second-order valence-corrected chi connectivity index (χ2v) is 27.4. The Bertz CT molecular complexity index is 1940. The molecule has 0 unspecified atom stereocenters. The first-order valence-corrected chi connectivity index (χ1v) is 25.5. The molecule has 3 heteroatoms. The van der Waals surface area contributed by atoms with Gasteiger partial charge in [-0.15, -0.1) is 0 Å². The maximum atomic E-state index is 2.47. The predicted molar refractivity (Wildman–Crippen MR) is 235 cm³/mol. The molecule has 0 heterocycles. The number of hydrogen-bond donors (Lipinski definition) is 0. The molecule has 0 radical (unpaired) electrons. The Kier molecular flexibility index (Phi) is 10.1. The van der Waals surface area contributed by atoms with Crippen molar-refractivity contribution in [1.82, 2.24) is 0 Å². The van der Waals surface area contributed by atoms with Gasteiger partial charge in [0.05, 0.1) is 0 Å². The van der Waals surface area contributed by atoms with Crippen LogP contribution in [0.25, 0.3) is 0 Å². The van der Waals surface area contributed by atoms with E-state index in [2.05, 4.69) is 243 Å². The van der Waals surface area contributed by atoms with E-state index in [1.165, 1.54) is 41.5 Å². The highest BCUT2D eigenvalue weighted by atomic mass is 28.4. The van der Waals surface area contributed by atoms with Gasteiger partial charge in [-0.3, -0.25) is 0 Å². The molecule has 0 fully saturated rings. The zero-order chi connectivity index (χ0) is 35.8. The molecule has 8 aromatic carbocycles. The maximum Gasteiger partial charge on any atom is 0.146 e. The highest BCUT2D eigenvalue weighted by molar-refractivity contribution is 7.28. The lowest BCUT2D eigenvalue weighted by atomic mass is 10.3. The molecular weight excluding hydrogens is 685 g/mol. The minimum absolute atomic E-state index is 1.09. The fourth-order valence-electron chi connectivity index (χ4n) is 9.01. The minimum Gasteiger partial charge on any atom is -0.0626 e. The summed E-state index contributed by atoms with van der Waals surface area (Å²) in [4.78, 5) is 0. The van der Waals surface area contributed by atoms with E-state index < -0.39 is 24.2 Å². The molecule has 0 N–H and O–H groups in total. The summed E-state index contributed by atoms with van der Waals surface area (Å²) < 4.78 is 0. The summed E-state index contributed by atoms with van der Waals surface area (Å²) >= 11 is 0. The van der Waals surface area contributed by atoms with Gasteiger partial charge in [-0.2, -0.15) is 0 Å². The van der Waals surface area contributed by atoms with Crippen LogP contribution >= 0.6 is 0 Å². The standard InChI is InChI=1S/C50H44Si3/c1-9-25-43(26-10-1)51(44-27-11-2-12-28-44,41-52(45-29-13-3-14-30-45,46-31-15-4-16-32-46)47-33-17-5-18-34-47)42-53(48-35-19-6-20-36-48,49-37-21-7-22-38-49)50-39-23-8-24-40-50/h1-40H,41-42H2. The van der Waals surface area contributed by atoms with Crippen molar-refractivity contribution < 1.29 is 0 Å². The van der Waals surface area contributed by atoms with E-state index in [0.717, 1.165) is 11.3 Å². The molecule has 0 saturated carbocycles. The van der Waals surface area contributed by atoms with E-state index in [9.17, 15) is 0 Å². The number of rotatable bonds is 12. The normalized spacial score (nSPS) is 11.9. The van der Waals surface area contributed by atoms with Crippen LogP contribution in [-0.4, -0.2) is 24.2 Å². The van der Waals surface area contributed by atoms with Crippen LogP contribution in [0.4, 0.5) is 0 Å². The van der Waals surface area contributed by atoms with Crippen molar-refractivity contribution in [2.75, 3.05) is 0 Å². The Morgan fingerprint density at radius 3 is 0.509 bits per heavy atom. The third kappa shape index (κ3) is 6.53. The molecule has 0 atom stereocenters. The molecule has 8 rings (SSSR count). The van der Waals surface area contributed by atoms with Crippen LogP contribution in [0.5, 0.6) is 0 Å². The molecule has 0 aromatic heterocycles. The van der Waals surface area contributed by atoms with Gasteiger partial charge < -0.3 is 0 Å². The number of benzene rings is 8. The average Bonchev–Trinajstić information content (AvgIpc) is 3.26. The monoisotopic (exact) mass is 728 g/mol. The quantitative estimate of drug-likeness (QED) is 0.0975. The third-order valence-corrected chi connectivity index (χ3v) is 31.2. The molecule has 0 aliphatic heterocycles. The molecule has 0 spiro atoms. The van der Waals surface area contributed by atoms with Gasteiger partial charge in [-0.1, -0.05) is 253 Å². The maximum absolute atomic E-state index is 2.79. The topological polar surface area (TPSA) is 0 Å². The van der Waals surface area contributed by atoms with E-state index in [1.54, 1.807) is 0 Å². The molecule has 0 saturated heterocycles. The van der Waals surface area contributed by atoms with Gasteiger partial charge in [0.1, 0.15) is 24.2 Å². The van der Waals surface area contributed by atoms with Crippen molar-refractivity contribution in [1.29, 1.82) is 0 Å². The molecule has 0 amide bonds. The van der Waals surface area contributed by atoms with E-state index in [4.69, 9.17) is 0 Å². The Hall–Kier alpha value is -5.59. The van der Waals surface area contributed by atoms with Crippen LogP contribution in [0.2, 0.25) is 11.3 Å². The van der Waals surface area contributed by atoms with Crippen molar-refractivity contribution in [2.24, 2.45) is 0 Å². The lowest BCUT2D eigenvalue weighted by molar-refractivity contribution is 1.52. The predicted octanol–water partition coefficient (Wildman–Crippen LogP) is 6.67. The molecule has 0 aliphatic rings. The average molecular weight is 729 g/mol. The molecule has 53 heavy (non-hydrogen) atoms. The zero-order valence-electron chi connectivity index (χ0n) is 30.0. The molecular formula is C50H44Si3. The molecule has 256 valence electrons. The van der Waals surface area contributed by atoms with E-state index >= 15 is 0 Å². The minimum atomic E-state index is -2.79. The van der Waals surface area contributed by atoms with Gasteiger partial charge in [0, 0.05) is 0 Å². The Balaban J connectivity index is 1.54. The molecule has 0 bridgehead atoms. The van der Waals surface area contributed by atoms with Gasteiger partial charge in [0.2, 0.25) is 0 Å². The fraction of sp³-hybridized carbons (Fsp3) is 0.0400. The first-order chi connectivity index (χ1) is 26.3. The summed E-state index contributed by atoms with van der Waals surface area (Å²) in [7, 11) is -8.28. The largest absolute Gasteiger partial charge is 0.146 e. The van der Waals surface area contributed by atoms with E-state index in [1.807, 2.05) is 0 Å². The van der Waals surface area contributed by atoms with Crippen LogP contribution in [-0.2, 0) is 0 Å². The van der Waals surface area contributed by atoms with Gasteiger partial charge in [0.25, 0.3) is 0 Å². The Labute approximate surface area is 318 Å². The summed E-state index contributed by atoms with van der Waals surface area (Å²) in [6.07, 6.45) is 0. The first kappa shape index (κ1) is 34.5. The third-order valence-electron chi connectivity index (χ3n) is 11.4. The SMILES string of the molecule is c1ccc([Si](C[Si](c2ccccc2)(c2ccccc2)c2ccccc2)(C[Si](c2ccccc2)(c2ccccc2)c2ccccc2)c2ccccc2)cc1. The van der Waals surface area contributed by atoms with Crippen LogP contribution in [0.1, 0.15) is 0 Å². The summed E-state index contributed by atoms with van der Waals surface area (Å²) in [6.45, 7) is 0. The lowest BCUT2D eigenvalue weighted by Crippen LogP contribution is -2.79. The second kappa shape index (κ2) is 15.6. The van der Waals surface area contributed by atoms with Crippen molar-refractivity contribution in [2.45, 2.75) is 11.3 Å². The van der Waals surface area contributed by atoms with Crippen molar-refractivity contribution in [3.05, 3.63) is 243 Å². The van der Waals surface area contributed by atoms with Crippen molar-refractivity contribution in [3.63, 3.8) is 0 Å². The summed E-state index contributed by atoms with van der Waals surface area (Å²) in [5.41, 5.74) is 2.18. The Morgan fingerprint density at radius 1 is 0.189 bits per heavy atom. The highest BCUT2D eigenvalue weighted by Crippen LogP contribution is 2.30. The van der Waals surface area contributed by atoms with Gasteiger partial charge >= 0.3 is 0 Å². The highest BCUT2D eigenvalue weighted by Gasteiger charge is 2.55. The fourth-order valence-corrected chi connectivity index (χ4v) is 34.6. The summed E-state index contributed by atoms with van der Waals surface area (Å²) in [6, 6.07) is 92.7. The van der Waals surface area contributed by atoms with Crippen molar-refractivity contribution in [3.8, 4) is 0 Å². The second-order valence-electron chi connectivity index (χ2n) is 14.2. The summed E-state index contributed by atoms with van der Waals surface area (Å²) in [5, 5.41) is 11.8. The van der Waals surface area contributed by atoms with Crippen LogP contribution in [0.15, 0.2) is 243 Å². The molecule has 0 aliphatic carbocycles. The van der Waals surface area contributed by atoms with E-state index in [-0.39, 0.29) is 0 Å². The summed E-state index contributed by atoms with van der Waals surface area (Å²) in [5.74, 6) is 0. The van der Waals surface area contributed by atoms with Crippen molar-refractivity contribution >= 4 is 65.7 Å². The zero-order valence-corrected chi connectivity index (χ0v) is 33.0. The van der Waals surface area contributed by atoms with Crippen LogP contribution in [0.3, 0.4) is 0 Å². The van der Waals surface area contributed by atoms with Crippen LogP contribution in [0, 0.1) is 0 Å². The van der Waals surface area contributed by atoms with Gasteiger partial charge in [0.15, 0.2) is 0 Å². The smallest absolute Gasteiger partial charge is 0.0626 e. The molecule has 8 aromatic rings. The first-order valence-electron chi connectivity index (χ1n) is 18.7. The Morgan fingerprint density at radius 2 is 0.340 bits per heavy atom.